The molecule has 2 fully saturated rings. The minimum Gasteiger partial charge on any atom is -0.381 e. The second kappa shape index (κ2) is 4.77. The zero-order valence-corrected chi connectivity index (χ0v) is 8.27. The number of nitrogens with one attached hydrogen (secondary N) is 1. The van der Waals surface area contributed by atoms with Crippen LogP contribution in [0.25, 0.3) is 0 Å². The number of hydrogen-bond acceptors (Lipinski definition) is 2. The Kier molecular flexibility index (Phi) is 3.39. The van der Waals surface area contributed by atoms with Crippen LogP contribution in [0.4, 0.5) is 0 Å². The lowest BCUT2D eigenvalue weighted by atomic mass is 9.96. The van der Waals surface area contributed by atoms with Crippen molar-refractivity contribution < 1.29 is 4.74 Å². The summed E-state index contributed by atoms with van der Waals surface area (Å²) in [5, 5.41) is 3.45. The molecule has 0 amide bonds. The highest BCUT2D eigenvalue weighted by molar-refractivity contribution is 5.16. The molecule has 13 heavy (non-hydrogen) atoms. The molecular weight excluding hydrogens is 162 g/mol. The zero-order chi connectivity index (χ0) is 8.93. The van der Waals surface area contributed by atoms with Crippen LogP contribution >= 0.6 is 0 Å². The average Bonchev–Trinajstić information content (AvgIpc) is 2.47. The quantitative estimate of drug-likeness (QED) is 0.576. The monoisotopic (exact) mass is 181 g/mol. The Morgan fingerprint density at radius 1 is 0.846 bits per heavy atom. The lowest BCUT2D eigenvalue weighted by Gasteiger charge is -2.18. The first-order valence-corrected chi connectivity index (χ1v) is 5.45. The molecule has 74 valence electrons. The fourth-order valence-corrected chi connectivity index (χ4v) is 2.24. The first kappa shape index (κ1) is 9.22. The Morgan fingerprint density at radius 2 is 1.62 bits per heavy atom. The molecule has 0 radical (unpaired) electrons. The molecule has 0 saturated carbocycles. The third-order valence-electron chi connectivity index (χ3n) is 3.03. The van der Waals surface area contributed by atoms with Crippen LogP contribution in [0.5, 0.6) is 0 Å². The summed E-state index contributed by atoms with van der Waals surface area (Å²) in [6.45, 7) is 4.28. The van der Waals surface area contributed by atoms with Crippen LogP contribution in [0, 0.1) is 0 Å². The van der Waals surface area contributed by atoms with E-state index in [9.17, 15) is 0 Å². The predicted octanol–water partition coefficient (Wildman–Crippen LogP) is 1.87. The molecule has 1 N–H and O–H groups in total. The molecule has 0 aromatic heterocycles. The van der Waals surface area contributed by atoms with Gasteiger partial charge in [0.15, 0.2) is 0 Å². The van der Waals surface area contributed by atoms with E-state index in [-0.39, 0.29) is 0 Å². The van der Waals surface area contributed by atoms with Crippen molar-refractivity contribution in [3.8, 4) is 0 Å². The van der Waals surface area contributed by atoms with Crippen LogP contribution in [0.2, 0.25) is 0 Å². The fourth-order valence-electron chi connectivity index (χ4n) is 2.24. The summed E-state index contributed by atoms with van der Waals surface area (Å²) in [4.78, 5) is 0. The minimum atomic E-state index is 0.951. The summed E-state index contributed by atoms with van der Waals surface area (Å²) in [7, 11) is 0. The van der Waals surface area contributed by atoms with E-state index in [1.165, 1.54) is 45.2 Å². The minimum absolute atomic E-state index is 0.951. The summed E-state index contributed by atoms with van der Waals surface area (Å²) >= 11 is 0. The van der Waals surface area contributed by atoms with Crippen LogP contribution in [0.15, 0.2) is 11.1 Å². The van der Waals surface area contributed by atoms with Crippen molar-refractivity contribution in [3.63, 3.8) is 0 Å². The summed E-state index contributed by atoms with van der Waals surface area (Å²) in [6, 6.07) is 0. The van der Waals surface area contributed by atoms with E-state index in [0.717, 1.165) is 13.2 Å². The van der Waals surface area contributed by atoms with Crippen LogP contribution in [0.1, 0.15) is 32.1 Å². The second-order valence-corrected chi connectivity index (χ2v) is 3.92. The Bertz CT molecular complexity index is 180. The average molecular weight is 181 g/mol. The molecule has 2 aliphatic heterocycles. The Balaban J connectivity index is 2.00. The van der Waals surface area contributed by atoms with E-state index >= 15 is 0 Å². The van der Waals surface area contributed by atoms with E-state index in [4.69, 9.17) is 4.74 Å². The highest BCUT2D eigenvalue weighted by Gasteiger charge is 2.12. The van der Waals surface area contributed by atoms with Crippen LogP contribution < -0.4 is 5.32 Å². The second-order valence-electron chi connectivity index (χ2n) is 3.92. The number of rotatable bonds is 0. The first-order chi connectivity index (χ1) is 6.47. The maximum Gasteiger partial charge on any atom is 0.0503 e. The Hall–Kier alpha value is -0.340. The van der Waals surface area contributed by atoms with Gasteiger partial charge in [-0.3, -0.25) is 0 Å². The Morgan fingerprint density at radius 3 is 2.46 bits per heavy atom. The molecule has 2 aliphatic rings. The molecule has 2 heteroatoms. The van der Waals surface area contributed by atoms with Gasteiger partial charge in [-0.05, 0) is 45.2 Å². The van der Waals surface area contributed by atoms with Crippen molar-refractivity contribution in [3.05, 3.63) is 11.1 Å². The fraction of sp³-hybridized carbons (Fsp3) is 0.818. The third-order valence-corrected chi connectivity index (χ3v) is 3.03. The van der Waals surface area contributed by atoms with Crippen LogP contribution in [-0.2, 0) is 4.74 Å². The van der Waals surface area contributed by atoms with Gasteiger partial charge in [-0.25, -0.2) is 0 Å². The molecule has 0 unspecified atom stereocenters. The van der Waals surface area contributed by atoms with Crippen molar-refractivity contribution in [2.24, 2.45) is 0 Å². The lowest BCUT2D eigenvalue weighted by molar-refractivity contribution is 0.118. The maximum absolute atomic E-state index is 5.37. The molecule has 0 aromatic carbocycles. The molecule has 2 rings (SSSR count). The van der Waals surface area contributed by atoms with Crippen molar-refractivity contribution in [2.45, 2.75) is 32.1 Å². The summed E-state index contributed by atoms with van der Waals surface area (Å²) in [6.07, 6.45) is 6.29. The molecule has 0 aromatic rings. The van der Waals surface area contributed by atoms with E-state index in [1.54, 1.807) is 11.1 Å². The molecule has 0 bridgehead atoms. The number of ether oxygens (including phenoxy) is 1. The molecule has 2 nitrogen and oxygen atoms in total. The molecule has 0 atom stereocenters. The van der Waals surface area contributed by atoms with E-state index in [0.29, 0.717) is 0 Å². The van der Waals surface area contributed by atoms with Crippen molar-refractivity contribution >= 4 is 0 Å². The smallest absolute Gasteiger partial charge is 0.0503 e. The van der Waals surface area contributed by atoms with Gasteiger partial charge in [0.2, 0.25) is 0 Å². The lowest BCUT2D eigenvalue weighted by Crippen LogP contribution is -2.13. The highest BCUT2D eigenvalue weighted by Crippen LogP contribution is 2.24. The first-order valence-electron chi connectivity index (χ1n) is 5.45. The van der Waals surface area contributed by atoms with Crippen molar-refractivity contribution in [1.82, 2.24) is 5.32 Å². The highest BCUT2D eigenvalue weighted by atomic mass is 16.5. The van der Waals surface area contributed by atoms with Crippen molar-refractivity contribution in [1.29, 1.82) is 0 Å². The van der Waals surface area contributed by atoms with Gasteiger partial charge in [-0.15, -0.1) is 0 Å². The summed E-state index contributed by atoms with van der Waals surface area (Å²) < 4.78 is 5.37. The van der Waals surface area contributed by atoms with Gasteiger partial charge in [-0.2, -0.15) is 0 Å². The molecule has 2 saturated heterocycles. The molecule has 0 spiro atoms. The standard InChI is InChI=1S/C11H19NO/c1-2-10(3-7-12-6-1)11-4-8-13-9-5-11/h12H,1-9H2. The predicted molar refractivity (Wildman–Crippen MR) is 53.8 cm³/mol. The van der Waals surface area contributed by atoms with E-state index in [2.05, 4.69) is 5.32 Å². The summed E-state index contributed by atoms with van der Waals surface area (Å²) in [5.41, 5.74) is 3.43. The molecule has 0 aliphatic carbocycles. The molecular formula is C11H19NO. The summed E-state index contributed by atoms with van der Waals surface area (Å²) in [5.74, 6) is 0. The molecule has 2 heterocycles. The maximum atomic E-state index is 5.37. The zero-order valence-electron chi connectivity index (χ0n) is 8.27. The number of hydrogen-bond donors (Lipinski definition) is 1. The largest absolute Gasteiger partial charge is 0.381 e. The van der Waals surface area contributed by atoms with Gasteiger partial charge in [-0.1, -0.05) is 11.1 Å². The van der Waals surface area contributed by atoms with Crippen LogP contribution in [-0.4, -0.2) is 26.3 Å². The van der Waals surface area contributed by atoms with Crippen LogP contribution in [0.3, 0.4) is 0 Å². The van der Waals surface area contributed by atoms with Gasteiger partial charge in [0.25, 0.3) is 0 Å². The van der Waals surface area contributed by atoms with Gasteiger partial charge in [0.05, 0.1) is 13.2 Å². The van der Waals surface area contributed by atoms with Crippen molar-refractivity contribution in [2.75, 3.05) is 26.3 Å². The van der Waals surface area contributed by atoms with Gasteiger partial charge >= 0.3 is 0 Å². The topological polar surface area (TPSA) is 21.3 Å². The van der Waals surface area contributed by atoms with Gasteiger partial charge in [0.1, 0.15) is 0 Å². The van der Waals surface area contributed by atoms with E-state index in [1.807, 2.05) is 0 Å². The van der Waals surface area contributed by atoms with E-state index < -0.39 is 0 Å². The third kappa shape index (κ3) is 2.55. The normalized spacial score (nSPS) is 25.8. The SMILES string of the molecule is C1CNCCC(=C2CCOCC2)C1. The van der Waals surface area contributed by atoms with Gasteiger partial charge < -0.3 is 10.1 Å². The Labute approximate surface area is 80.4 Å². The van der Waals surface area contributed by atoms with Gasteiger partial charge in [0, 0.05) is 0 Å².